The molecule has 3 aromatic carbocycles. The summed E-state index contributed by atoms with van der Waals surface area (Å²) < 4.78 is 29.7. The summed E-state index contributed by atoms with van der Waals surface area (Å²) >= 11 is 6.80. The van der Waals surface area contributed by atoms with Gasteiger partial charge in [0.1, 0.15) is 5.25 Å². The number of thioether (sulfide) groups is 1. The molecule has 1 atom stereocenters. The summed E-state index contributed by atoms with van der Waals surface area (Å²) in [5, 5.41) is 2.29. The van der Waals surface area contributed by atoms with Gasteiger partial charge in [0.2, 0.25) is 11.8 Å². The van der Waals surface area contributed by atoms with E-state index in [1.54, 1.807) is 54.6 Å². The van der Waals surface area contributed by atoms with Crippen molar-refractivity contribution in [2.45, 2.75) is 16.6 Å². The Morgan fingerprint density at radius 2 is 1.58 bits per heavy atom. The Morgan fingerprint density at radius 3 is 2.21 bits per heavy atom. The van der Waals surface area contributed by atoms with Crippen molar-refractivity contribution in [3.63, 3.8) is 0 Å². The van der Waals surface area contributed by atoms with Crippen molar-refractivity contribution in [1.82, 2.24) is 0 Å². The van der Waals surface area contributed by atoms with E-state index in [2.05, 4.69) is 9.71 Å². The van der Waals surface area contributed by atoms with Gasteiger partial charge in [-0.3, -0.25) is 14.5 Å². The van der Waals surface area contributed by atoms with Crippen LogP contribution in [0.1, 0.15) is 6.42 Å². The van der Waals surface area contributed by atoms with Crippen LogP contribution in [-0.2, 0) is 19.6 Å². The van der Waals surface area contributed by atoms with Gasteiger partial charge in [-0.05, 0) is 48.5 Å². The molecule has 0 spiro atoms. The van der Waals surface area contributed by atoms with Crippen molar-refractivity contribution in [1.29, 1.82) is 0 Å². The van der Waals surface area contributed by atoms with Gasteiger partial charge in [-0.1, -0.05) is 59.8 Å². The molecule has 1 saturated heterocycles. The standard InChI is InChI=1S/C23H18ClN3O4S2/c24-16-11-13-19(14-12-16)33(30,31)26-23-27(18-9-5-2-6-10-18)22(29)20(32-23)15-21(28)25-17-7-3-1-4-8-17/h1-14,20H,15H2,(H,25,28)/b26-23-. The lowest BCUT2D eigenvalue weighted by molar-refractivity contribution is -0.121. The Hall–Kier alpha value is -3.14. The number of anilines is 2. The maximum atomic E-state index is 13.2. The molecule has 10 heteroatoms. The van der Waals surface area contributed by atoms with Gasteiger partial charge in [-0.2, -0.15) is 8.42 Å². The Balaban J connectivity index is 1.63. The Kier molecular flexibility index (Phi) is 6.83. The van der Waals surface area contributed by atoms with Gasteiger partial charge in [-0.15, -0.1) is 4.40 Å². The first-order valence-electron chi connectivity index (χ1n) is 9.84. The minimum absolute atomic E-state index is 0.0151. The molecule has 1 fully saturated rings. The monoisotopic (exact) mass is 499 g/mol. The van der Waals surface area contributed by atoms with Crippen molar-refractivity contribution in [2.24, 2.45) is 4.40 Å². The Morgan fingerprint density at radius 1 is 0.970 bits per heavy atom. The van der Waals surface area contributed by atoms with E-state index < -0.39 is 21.2 Å². The van der Waals surface area contributed by atoms with Crippen LogP contribution in [0.2, 0.25) is 5.02 Å². The van der Waals surface area contributed by atoms with E-state index in [4.69, 9.17) is 11.6 Å². The predicted molar refractivity (Wildman–Crippen MR) is 131 cm³/mol. The van der Waals surface area contributed by atoms with E-state index in [1.165, 1.54) is 29.2 Å². The summed E-state index contributed by atoms with van der Waals surface area (Å²) in [6, 6.07) is 23.1. The van der Waals surface area contributed by atoms with Crippen LogP contribution in [-0.4, -0.2) is 30.6 Å². The number of hydrogen-bond donors (Lipinski definition) is 1. The van der Waals surface area contributed by atoms with E-state index in [1.807, 2.05) is 6.07 Å². The zero-order valence-electron chi connectivity index (χ0n) is 17.1. The number of carbonyl (C=O) groups is 2. The van der Waals surface area contributed by atoms with Crippen LogP contribution in [0, 0.1) is 0 Å². The summed E-state index contributed by atoms with van der Waals surface area (Å²) in [5.41, 5.74) is 1.07. The van der Waals surface area contributed by atoms with Gasteiger partial charge in [0, 0.05) is 17.1 Å². The summed E-state index contributed by atoms with van der Waals surface area (Å²) in [4.78, 5) is 26.9. The minimum Gasteiger partial charge on any atom is -0.326 e. The molecule has 1 N–H and O–H groups in total. The lowest BCUT2D eigenvalue weighted by atomic mass is 10.2. The minimum atomic E-state index is -4.11. The molecule has 0 saturated carbocycles. The van der Waals surface area contributed by atoms with Gasteiger partial charge in [-0.25, -0.2) is 0 Å². The number of benzene rings is 3. The molecule has 0 aliphatic carbocycles. The molecule has 3 aromatic rings. The molecule has 2 amide bonds. The fraction of sp³-hybridized carbons (Fsp3) is 0.0870. The fourth-order valence-corrected chi connectivity index (χ4v) is 5.60. The lowest BCUT2D eigenvalue weighted by Crippen LogP contribution is -2.33. The van der Waals surface area contributed by atoms with Crippen molar-refractivity contribution in [3.8, 4) is 0 Å². The molecule has 33 heavy (non-hydrogen) atoms. The average Bonchev–Trinajstić information content (AvgIpc) is 3.09. The van der Waals surface area contributed by atoms with E-state index in [0.29, 0.717) is 16.4 Å². The molecule has 7 nitrogen and oxygen atoms in total. The van der Waals surface area contributed by atoms with Crippen molar-refractivity contribution >= 4 is 61.7 Å². The van der Waals surface area contributed by atoms with Gasteiger partial charge < -0.3 is 5.32 Å². The van der Waals surface area contributed by atoms with Gasteiger partial charge >= 0.3 is 0 Å². The second-order valence-corrected chi connectivity index (χ2v) is 10.2. The Bertz CT molecular complexity index is 1300. The topological polar surface area (TPSA) is 95.9 Å². The molecule has 1 heterocycles. The van der Waals surface area contributed by atoms with E-state index in [-0.39, 0.29) is 22.4 Å². The number of sulfonamides is 1. The summed E-state index contributed by atoms with van der Waals surface area (Å²) in [6.45, 7) is 0. The van der Waals surface area contributed by atoms with Crippen molar-refractivity contribution < 1.29 is 18.0 Å². The van der Waals surface area contributed by atoms with E-state index in [9.17, 15) is 18.0 Å². The molecule has 168 valence electrons. The molecule has 0 bridgehead atoms. The van der Waals surface area contributed by atoms with E-state index >= 15 is 0 Å². The summed E-state index contributed by atoms with van der Waals surface area (Å²) in [7, 11) is -4.11. The molecule has 1 aliphatic heterocycles. The first kappa shape index (κ1) is 23.0. The lowest BCUT2D eigenvalue weighted by Gasteiger charge is -2.16. The number of halogens is 1. The molecule has 1 unspecified atom stereocenters. The molecular weight excluding hydrogens is 482 g/mol. The zero-order valence-corrected chi connectivity index (χ0v) is 19.5. The summed E-state index contributed by atoms with van der Waals surface area (Å²) in [6.07, 6.45) is -0.137. The van der Waals surface area contributed by atoms with Crippen LogP contribution in [0.5, 0.6) is 0 Å². The normalized spacial score (nSPS) is 17.4. The second-order valence-electron chi connectivity index (χ2n) is 7.04. The van der Waals surface area contributed by atoms with E-state index in [0.717, 1.165) is 11.8 Å². The average molecular weight is 500 g/mol. The van der Waals surface area contributed by atoms with Gasteiger partial charge in [0.05, 0.1) is 10.6 Å². The maximum Gasteiger partial charge on any atom is 0.284 e. The number of hydrogen-bond acceptors (Lipinski definition) is 5. The maximum absolute atomic E-state index is 13.2. The number of nitrogens with zero attached hydrogens (tertiary/aromatic N) is 2. The van der Waals surface area contributed by atoms with Crippen LogP contribution >= 0.6 is 23.4 Å². The van der Waals surface area contributed by atoms with Crippen molar-refractivity contribution in [2.75, 3.05) is 10.2 Å². The molecule has 4 rings (SSSR count). The zero-order chi connectivity index (χ0) is 23.4. The third-order valence-electron chi connectivity index (χ3n) is 4.69. The molecule has 0 aromatic heterocycles. The third-order valence-corrected chi connectivity index (χ3v) is 7.47. The first-order valence-corrected chi connectivity index (χ1v) is 12.5. The van der Waals surface area contributed by atoms with Gasteiger partial charge in [0.15, 0.2) is 5.17 Å². The van der Waals surface area contributed by atoms with Crippen LogP contribution in [0.4, 0.5) is 11.4 Å². The number of para-hydroxylation sites is 2. The van der Waals surface area contributed by atoms with Crippen molar-refractivity contribution in [3.05, 3.63) is 90.0 Å². The number of amidine groups is 1. The second kappa shape index (κ2) is 9.78. The highest BCUT2D eigenvalue weighted by Crippen LogP contribution is 2.35. The molecular formula is C23H18ClN3O4S2. The van der Waals surface area contributed by atoms with Crippen LogP contribution < -0.4 is 10.2 Å². The SMILES string of the molecule is O=C(CC1S/C(=N\S(=O)(=O)c2ccc(Cl)cc2)N(c2ccccc2)C1=O)Nc1ccccc1. The fourth-order valence-electron chi connectivity index (χ4n) is 3.14. The molecule has 0 radical (unpaired) electrons. The number of amides is 2. The highest BCUT2D eigenvalue weighted by atomic mass is 35.5. The molecule has 1 aliphatic rings. The first-order chi connectivity index (χ1) is 15.8. The quantitative estimate of drug-likeness (QED) is 0.536. The number of nitrogens with one attached hydrogen (secondary N) is 1. The Labute approximate surface area is 200 Å². The number of rotatable bonds is 6. The predicted octanol–water partition coefficient (Wildman–Crippen LogP) is 4.56. The van der Waals surface area contributed by atoms with Crippen LogP contribution in [0.25, 0.3) is 0 Å². The summed E-state index contributed by atoms with van der Waals surface area (Å²) in [5.74, 6) is -0.777. The highest BCUT2D eigenvalue weighted by Gasteiger charge is 2.41. The van der Waals surface area contributed by atoms with Crippen LogP contribution in [0.15, 0.2) is 94.2 Å². The van der Waals surface area contributed by atoms with Crippen LogP contribution in [0.3, 0.4) is 0 Å². The number of carbonyl (C=O) groups excluding carboxylic acids is 2. The highest BCUT2D eigenvalue weighted by molar-refractivity contribution is 8.16. The smallest absolute Gasteiger partial charge is 0.284 e. The largest absolute Gasteiger partial charge is 0.326 e. The third kappa shape index (κ3) is 5.44. The van der Waals surface area contributed by atoms with Gasteiger partial charge in [0.25, 0.3) is 10.0 Å².